The summed E-state index contributed by atoms with van der Waals surface area (Å²) in [7, 11) is 0. The fourth-order valence-electron chi connectivity index (χ4n) is 1.51. The summed E-state index contributed by atoms with van der Waals surface area (Å²) in [5, 5.41) is 11.6. The number of hydrogen-bond donors (Lipinski definition) is 2. The lowest BCUT2D eigenvalue weighted by Crippen LogP contribution is -2.14. The van der Waals surface area contributed by atoms with Crippen LogP contribution in [-0.4, -0.2) is 16.0 Å². The quantitative estimate of drug-likeness (QED) is 0.385. The largest absolute Gasteiger partial charge is 0.438 e. The summed E-state index contributed by atoms with van der Waals surface area (Å²) in [5.74, 6) is 0.181. The van der Waals surface area contributed by atoms with Crippen LogP contribution in [0.4, 0.5) is 4.39 Å². The van der Waals surface area contributed by atoms with E-state index in [9.17, 15) is 4.39 Å². The van der Waals surface area contributed by atoms with Crippen LogP contribution in [-0.2, 0) is 0 Å². The maximum Gasteiger partial charge on any atom is 0.230 e. The SMILES string of the molecule is Cc1cc(Oc2ncccc2/C(N)=N/O)ccc1F. The molecule has 2 rings (SSSR count). The van der Waals surface area contributed by atoms with E-state index in [4.69, 9.17) is 15.7 Å². The molecule has 1 heterocycles. The topological polar surface area (TPSA) is 80.7 Å². The van der Waals surface area contributed by atoms with Gasteiger partial charge in [-0.2, -0.15) is 0 Å². The molecule has 0 fully saturated rings. The summed E-state index contributed by atoms with van der Waals surface area (Å²) in [5.41, 5.74) is 6.33. The molecule has 19 heavy (non-hydrogen) atoms. The first-order valence-corrected chi connectivity index (χ1v) is 5.48. The molecular formula is C13H12FN3O2. The summed E-state index contributed by atoms with van der Waals surface area (Å²) >= 11 is 0. The number of halogens is 1. The van der Waals surface area contributed by atoms with E-state index < -0.39 is 0 Å². The number of rotatable bonds is 3. The molecule has 0 radical (unpaired) electrons. The lowest BCUT2D eigenvalue weighted by atomic mass is 10.2. The summed E-state index contributed by atoms with van der Waals surface area (Å²) in [6, 6.07) is 7.56. The number of oxime groups is 1. The normalized spacial score (nSPS) is 11.4. The highest BCUT2D eigenvalue weighted by molar-refractivity contribution is 5.99. The number of pyridine rings is 1. The van der Waals surface area contributed by atoms with Crippen LogP contribution in [0.1, 0.15) is 11.1 Å². The third-order valence-electron chi connectivity index (χ3n) is 2.50. The summed E-state index contributed by atoms with van der Waals surface area (Å²) < 4.78 is 18.7. The van der Waals surface area contributed by atoms with Gasteiger partial charge in [0.2, 0.25) is 5.88 Å². The average molecular weight is 261 g/mol. The molecule has 0 saturated heterocycles. The number of nitrogens with zero attached hydrogens (tertiary/aromatic N) is 2. The Morgan fingerprint density at radius 2 is 2.21 bits per heavy atom. The van der Waals surface area contributed by atoms with E-state index in [1.54, 1.807) is 25.1 Å². The molecule has 0 bridgehead atoms. The summed E-state index contributed by atoms with van der Waals surface area (Å²) in [6.07, 6.45) is 1.51. The molecule has 0 atom stereocenters. The molecule has 3 N–H and O–H groups in total. The fraction of sp³-hybridized carbons (Fsp3) is 0.0769. The minimum absolute atomic E-state index is 0.109. The molecule has 5 nitrogen and oxygen atoms in total. The lowest BCUT2D eigenvalue weighted by Gasteiger charge is -2.09. The molecule has 0 aliphatic heterocycles. The van der Waals surface area contributed by atoms with Crippen molar-refractivity contribution in [3.63, 3.8) is 0 Å². The first kappa shape index (κ1) is 12.8. The van der Waals surface area contributed by atoms with Crippen molar-refractivity contribution in [1.29, 1.82) is 0 Å². The van der Waals surface area contributed by atoms with Crippen LogP contribution in [0.25, 0.3) is 0 Å². The van der Waals surface area contributed by atoms with Crippen molar-refractivity contribution >= 4 is 5.84 Å². The molecule has 0 spiro atoms. The maximum absolute atomic E-state index is 13.2. The third-order valence-corrected chi connectivity index (χ3v) is 2.50. The predicted octanol–water partition coefficient (Wildman–Crippen LogP) is 2.42. The zero-order chi connectivity index (χ0) is 13.8. The maximum atomic E-state index is 13.2. The van der Waals surface area contributed by atoms with Gasteiger partial charge < -0.3 is 15.7 Å². The number of aromatic nitrogens is 1. The zero-order valence-electron chi connectivity index (χ0n) is 10.2. The highest BCUT2D eigenvalue weighted by atomic mass is 19.1. The fourth-order valence-corrected chi connectivity index (χ4v) is 1.51. The van der Waals surface area contributed by atoms with Crippen molar-refractivity contribution in [2.24, 2.45) is 10.9 Å². The van der Waals surface area contributed by atoms with E-state index >= 15 is 0 Å². The first-order chi connectivity index (χ1) is 9.11. The van der Waals surface area contributed by atoms with Gasteiger partial charge >= 0.3 is 0 Å². The van der Waals surface area contributed by atoms with Crippen LogP contribution in [0.3, 0.4) is 0 Å². The Balaban J connectivity index is 2.35. The average Bonchev–Trinajstić information content (AvgIpc) is 2.43. The molecule has 1 aromatic carbocycles. The number of nitrogens with two attached hydrogens (primary N) is 1. The van der Waals surface area contributed by atoms with E-state index in [0.717, 1.165) is 0 Å². The van der Waals surface area contributed by atoms with Crippen LogP contribution in [0.5, 0.6) is 11.6 Å². The molecule has 2 aromatic rings. The van der Waals surface area contributed by atoms with Crippen molar-refractivity contribution in [2.45, 2.75) is 6.92 Å². The zero-order valence-corrected chi connectivity index (χ0v) is 10.2. The van der Waals surface area contributed by atoms with Crippen LogP contribution in [0.2, 0.25) is 0 Å². The molecule has 0 unspecified atom stereocenters. The van der Waals surface area contributed by atoms with Gasteiger partial charge in [-0.1, -0.05) is 5.16 Å². The molecule has 0 aliphatic rings. The number of aryl methyl sites for hydroxylation is 1. The van der Waals surface area contributed by atoms with Gasteiger partial charge in [0.15, 0.2) is 5.84 Å². The van der Waals surface area contributed by atoms with E-state index in [1.165, 1.54) is 18.3 Å². The van der Waals surface area contributed by atoms with Crippen LogP contribution < -0.4 is 10.5 Å². The van der Waals surface area contributed by atoms with Crippen molar-refractivity contribution in [1.82, 2.24) is 4.98 Å². The summed E-state index contributed by atoms with van der Waals surface area (Å²) in [6.45, 7) is 1.63. The van der Waals surface area contributed by atoms with Crippen LogP contribution in [0.15, 0.2) is 41.7 Å². The molecule has 0 aliphatic carbocycles. The first-order valence-electron chi connectivity index (χ1n) is 5.48. The van der Waals surface area contributed by atoms with Gasteiger partial charge in [0.25, 0.3) is 0 Å². The number of amidine groups is 1. The van der Waals surface area contributed by atoms with Crippen molar-refractivity contribution in [3.05, 3.63) is 53.5 Å². The molecule has 6 heteroatoms. The Bertz CT molecular complexity index is 629. The Morgan fingerprint density at radius 3 is 2.89 bits per heavy atom. The Hall–Kier alpha value is -2.63. The second-order valence-corrected chi connectivity index (χ2v) is 3.85. The minimum Gasteiger partial charge on any atom is -0.438 e. The van der Waals surface area contributed by atoms with Gasteiger partial charge in [-0.25, -0.2) is 9.37 Å². The van der Waals surface area contributed by atoms with E-state index in [0.29, 0.717) is 16.9 Å². The molecule has 0 amide bonds. The standard InChI is InChI=1S/C13H12FN3O2/c1-8-7-9(4-5-11(8)14)19-13-10(12(15)17-18)3-2-6-16-13/h2-7,18H,1H3,(H2,15,17). The molecule has 98 valence electrons. The second-order valence-electron chi connectivity index (χ2n) is 3.85. The van der Waals surface area contributed by atoms with Crippen molar-refractivity contribution in [2.75, 3.05) is 0 Å². The van der Waals surface area contributed by atoms with Crippen LogP contribution in [0, 0.1) is 12.7 Å². The predicted molar refractivity (Wildman–Crippen MR) is 68.0 cm³/mol. The van der Waals surface area contributed by atoms with Gasteiger partial charge in [-0.3, -0.25) is 0 Å². The highest BCUT2D eigenvalue weighted by Crippen LogP contribution is 2.24. The van der Waals surface area contributed by atoms with E-state index in [2.05, 4.69) is 10.1 Å². The summed E-state index contributed by atoms with van der Waals surface area (Å²) in [4.78, 5) is 4.01. The second kappa shape index (κ2) is 5.34. The lowest BCUT2D eigenvalue weighted by molar-refractivity contribution is 0.318. The van der Waals surface area contributed by atoms with Gasteiger partial charge in [0.05, 0.1) is 5.56 Å². The molecular weight excluding hydrogens is 249 g/mol. The third kappa shape index (κ3) is 2.79. The monoisotopic (exact) mass is 261 g/mol. The van der Waals surface area contributed by atoms with Gasteiger partial charge in [0, 0.05) is 6.20 Å². The van der Waals surface area contributed by atoms with Gasteiger partial charge in [-0.15, -0.1) is 0 Å². The molecule has 1 aromatic heterocycles. The Labute approximate surface area is 109 Å². The minimum atomic E-state index is -0.315. The van der Waals surface area contributed by atoms with Crippen LogP contribution >= 0.6 is 0 Å². The number of hydrogen-bond acceptors (Lipinski definition) is 4. The molecule has 0 saturated carbocycles. The smallest absolute Gasteiger partial charge is 0.230 e. The Kier molecular flexibility index (Phi) is 3.61. The van der Waals surface area contributed by atoms with Gasteiger partial charge in [0.1, 0.15) is 11.6 Å². The highest BCUT2D eigenvalue weighted by Gasteiger charge is 2.10. The van der Waals surface area contributed by atoms with Crippen molar-refractivity contribution in [3.8, 4) is 11.6 Å². The van der Waals surface area contributed by atoms with E-state index in [1.807, 2.05) is 0 Å². The van der Waals surface area contributed by atoms with Crippen molar-refractivity contribution < 1.29 is 14.3 Å². The Morgan fingerprint density at radius 1 is 1.42 bits per heavy atom. The number of ether oxygens (including phenoxy) is 1. The van der Waals surface area contributed by atoms with E-state index in [-0.39, 0.29) is 17.5 Å². The number of benzene rings is 1. The van der Waals surface area contributed by atoms with Gasteiger partial charge in [-0.05, 0) is 42.8 Å².